The number of amides is 2. The highest BCUT2D eigenvalue weighted by Gasteiger charge is 2.24. The number of aryl methyl sites for hydroxylation is 1. The zero-order valence-corrected chi connectivity index (χ0v) is 11.9. The summed E-state index contributed by atoms with van der Waals surface area (Å²) in [7, 11) is 1.27. The van der Waals surface area contributed by atoms with Crippen LogP contribution < -0.4 is 14.8 Å². The van der Waals surface area contributed by atoms with Gasteiger partial charge >= 0.3 is 16.2 Å². The fourth-order valence-electron chi connectivity index (χ4n) is 1.40. The number of primary amides is 1. The maximum atomic E-state index is 12.0. The highest BCUT2D eigenvalue weighted by molar-refractivity contribution is 7.91. The van der Waals surface area contributed by atoms with Crippen molar-refractivity contribution in [2.75, 3.05) is 31.5 Å². The van der Waals surface area contributed by atoms with Crippen molar-refractivity contribution in [1.82, 2.24) is 19.4 Å². The summed E-state index contributed by atoms with van der Waals surface area (Å²) < 4.78 is 28.3. The average molecular weight is 290 g/mol. The lowest BCUT2D eigenvalue weighted by atomic mass is 10.5. The van der Waals surface area contributed by atoms with Crippen LogP contribution in [-0.2, 0) is 17.3 Å². The molecule has 0 atom stereocenters. The summed E-state index contributed by atoms with van der Waals surface area (Å²) in [6.07, 6.45) is 2.94. The molecule has 0 fully saturated rings. The SMILES string of the molecule is CN(C)CCN(c1cnn(C)c1)S(=O)(=O)NC(N)=O. The summed E-state index contributed by atoms with van der Waals surface area (Å²) in [5.74, 6) is 0. The minimum atomic E-state index is -4.03. The molecule has 0 spiro atoms. The van der Waals surface area contributed by atoms with Gasteiger partial charge in [-0.2, -0.15) is 13.5 Å². The Labute approximate surface area is 112 Å². The molecule has 0 radical (unpaired) electrons. The van der Waals surface area contributed by atoms with Crippen LogP contribution in [0.4, 0.5) is 10.5 Å². The minimum absolute atomic E-state index is 0.168. The predicted octanol–water partition coefficient (Wildman–Crippen LogP) is -1.30. The highest BCUT2D eigenvalue weighted by Crippen LogP contribution is 2.15. The summed E-state index contributed by atoms with van der Waals surface area (Å²) in [5.41, 5.74) is 5.23. The molecule has 0 aliphatic rings. The molecule has 0 unspecified atom stereocenters. The standard InChI is InChI=1S/C9H18N6O3S/c1-13(2)4-5-15(8-6-11-14(3)7-8)19(17,18)12-9(10)16/h6-7H,4-5H2,1-3H3,(H3,10,12,16). The molecule has 108 valence electrons. The van der Waals surface area contributed by atoms with E-state index in [9.17, 15) is 13.2 Å². The molecule has 3 N–H and O–H groups in total. The topological polar surface area (TPSA) is 114 Å². The van der Waals surface area contributed by atoms with E-state index in [4.69, 9.17) is 5.73 Å². The van der Waals surface area contributed by atoms with Gasteiger partial charge in [-0.25, -0.2) is 13.8 Å². The van der Waals surface area contributed by atoms with Crippen molar-refractivity contribution in [1.29, 1.82) is 0 Å². The Bertz CT molecular complexity index is 538. The molecular formula is C9H18N6O3S. The smallest absolute Gasteiger partial charge is 0.327 e. The van der Waals surface area contributed by atoms with Crippen LogP contribution in [0.3, 0.4) is 0 Å². The Morgan fingerprint density at radius 3 is 2.53 bits per heavy atom. The predicted molar refractivity (Wildman–Crippen MR) is 70.7 cm³/mol. The number of hydrogen-bond acceptors (Lipinski definition) is 5. The molecule has 1 aromatic rings. The molecule has 0 aromatic carbocycles. The summed E-state index contributed by atoms with van der Waals surface area (Å²) in [6.45, 7) is 0.649. The third-order valence-corrected chi connectivity index (χ3v) is 3.68. The zero-order valence-electron chi connectivity index (χ0n) is 11.1. The molecule has 0 saturated carbocycles. The Balaban J connectivity index is 3.01. The molecule has 0 aliphatic heterocycles. The molecule has 0 bridgehead atoms. The van der Waals surface area contributed by atoms with E-state index < -0.39 is 16.2 Å². The van der Waals surface area contributed by atoms with Gasteiger partial charge in [0.2, 0.25) is 0 Å². The number of likely N-dealkylation sites (N-methyl/N-ethyl adjacent to an activating group) is 1. The fourth-order valence-corrected chi connectivity index (χ4v) is 2.46. The zero-order chi connectivity index (χ0) is 14.6. The van der Waals surface area contributed by atoms with E-state index in [-0.39, 0.29) is 6.54 Å². The van der Waals surface area contributed by atoms with E-state index in [1.54, 1.807) is 11.8 Å². The number of rotatable bonds is 6. The van der Waals surface area contributed by atoms with Crippen LogP contribution in [0.1, 0.15) is 0 Å². The van der Waals surface area contributed by atoms with Crippen LogP contribution in [0.25, 0.3) is 0 Å². The number of hydrogen-bond donors (Lipinski definition) is 2. The first-order valence-electron chi connectivity index (χ1n) is 5.45. The summed E-state index contributed by atoms with van der Waals surface area (Å²) in [5, 5.41) is 3.91. The summed E-state index contributed by atoms with van der Waals surface area (Å²) in [6, 6.07) is -1.13. The largest absolute Gasteiger partial charge is 0.351 e. The van der Waals surface area contributed by atoms with Gasteiger partial charge in [-0.15, -0.1) is 0 Å². The lowest BCUT2D eigenvalue weighted by Gasteiger charge is -2.23. The van der Waals surface area contributed by atoms with Gasteiger partial charge in [-0.3, -0.25) is 4.68 Å². The van der Waals surface area contributed by atoms with Crippen LogP contribution in [0, 0.1) is 0 Å². The van der Waals surface area contributed by atoms with Gasteiger partial charge < -0.3 is 10.6 Å². The van der Waals surface area contributed by atoms with Crippen molar-refractivity contribution in [2.45, 2.75) is 0 Å². The molecule has 1 heterocycles. The van der Waals surface area contributed by atoms with E-state index in [2.05, 4.69) is 5.10 Å². The van der Waals surface area contributed by atoms with Gasteiger partial charge in [-0.1, -0.05) is 0 Å². The molecule has 1 aromatic heterocycles. The maximum Gasteiger partial charge on any atom is 0.327 e. The molecule has 10 heteroatoms. The Morgan fingerprint density at radius 2 is 2.11 bits per heavy atom. The van der Waals surface area contributed by atoms with E-state index in [1.807, 2.05) is 19.0 Å². The second-order valence-electron chi connectivity index (χ2n) is 4.22. The van der Waals surface area contributed by atoms with Gasteiger partial charge in [0.1, 0.15) is 0 Å². The van der Waals surface area contributed by atoms with Crippen LogP contribution in [0.5, 0.6) is 0 Å². The van der Waals surface area contributed by atoms with E-state index in [1.165, 1.54) is 17.1 Å². The minimum Gasteiger partial charge on any atom is -0.351 e. The molecule has 9 nitrogen and oxygen atoms in total. The molecule has 19 heavy (non-hydrogen) atoms. The van der Waals surface area contributed by atoms with Gasteiger partial charge in [0.05, 0.1) is 11.9 Å². The second kappa shape index (κ2) is 5.89. The van der Waals surface area contributed by atoms with Crippen molar-refractivity contribution in [2.24, 2.45) is 12.8 Å². The number of carbonyl (C=O) groups is 1. The molecule has 0 aliphatic carbocycles. The first-order chi connectivity index (χ1) is 8.72. The lowest BCUT2D eigenvalue weighted by Crippen LogP contribution is -2.47. The molecule has 2 amide bonds. The van der Waals surface area contributed by atoms with E-state index >= 15 is 0 Å². The van der Waals surface area contributed by atoms with Crippen molar-refractivity contribution in [3.8, 4) is 0 Å². The number of anilines is 1. The first kappa shape index (κ1) is 15.2. The number of nitrogens with two attached hydrogens (primary N) is 1. The third-order valence-electron chi connectivity index (χ3n) is 2.25. The number of nitrogens with zero attached hydrogens (tertiary/aromatic N) is 4. The van der Waals surface area contributed by atoms with Crippen molar-refractivity contribution < 1.29 is 13.2 Å². The summed E-state index contributed by atoms with van der Waals surface area (Å²) in [4.78, 5) is 12.6. The monoisotopic (exact) mass is 290 g/mol. The van der Waals surface area contributed by atoms with E-state index in [0.717, 1.165) is 4.31 Å². The Kier molecular flexibility index (Phi) is 4.72. The van der Waals surface area contributed by atoms with Crippen LogP contribution >= 0.6 is 0 Å². The number of aromatic nitrogens is 2. The molecule has 0 saturated heterocycles. The third kappa shape index (κ3) is 4.41. The maximum absolute atomic E-state index is 12.0. The van der Waals surface area contributed by atoms with E-state index in [0.29, 0.717) is 12.2 Å². The average Bonchev–Trinajstić information content (AvgIpc) is 2.61. The normalized spacial score (nSPS) is 11.6. The van der Waals surface area contributed by atoms with Crippen molar-refractivity contribution in [3.63, 3.8) is 0 Å². The second-order valence-corrected chi connectivity index (χ2v) is 5.81. The summed E-state index contributed by atoms with van der Waals surface area (Å²) >= 11 is 0. The first-order valence-corrected chi connectivity index (χ1v) is 6.89. The Morgan fingerprint density at radius 1 is 1.47 bits per heavy atom. The van der Waals surface area contributed by atoms with Gasteiger partial charge in [0.15, 0.2) is 0 Å². The fraction of sp³-hybridized carbons (Fsp3) is 0.556. The van der Waals surface area contributed by atoms with Gasteiger partial charge in [0.25, 0.3) is 0 Å². The Hall–Kier alpha value is -1.81. The van der Waals surface area contributed by atoms with Crippen molar-refractivity contribution in [3.05, 3.63) is 12.4 Å². The van der Waals surface area contributed by atoms with Gasteiger partial charge in [0, 0.05) is 26.3 Å². The van der Waals surface area contributed by atoms with Crippen LogP contribution in [0.15, 0.2) is 12.4 Å². The van der Waals surface area contributed by atoms with Crippen LogP contribution in [0.2, 0.25) is 0 Å². The van der Waals surface area contributed by atoms with Gasteiger partial charge in [-0.05, 0) is 14.1 Å². The molecule has 1 rings (SSSR count). The lowest BCUT2D eigenvalue weighted by molar-refractivity contribution is 0.253. The quantitative estimate of drug-likeness (QED) is 0.676. The van der Waals surface area contributed by atoms with Crippen LogP contribution in [-0.4, -0.2) is 56.3 Å². The highest BCUT2D eigenvalue weighted by atomic mass is 32.2. The van der Waals surface area contributed by atoms with Crippen molar-refractivity contribution >= 4 is 21.9 Å². The number of carbonyl (C=O) groups excluding carboxylic acids is 1. The molecular weight excluding hydrogens is 272 g/mol. The number of nitrogens with one attached hydrogen (secondary N) is 1. The number of urea groups is 1.